The Morgan fingerprint density at radius 2 is 2.16 bits per heavy atom. The SMILES string of the molecule is O=C(c1ccco1)N1CCC(Cc2cccs2)CC1. The molecule has 1 saturated heterocycles. The second-order valence-electron chi connectivity index (χ2n) is 5.00. The highest BCUT2D eigenvalue weighted by Gasteiger charge is 2.25. The minimum atomic E-state index is 0.0274. The molecule has 2 aromatic rings. The quantitative estimate of drug-likeness (QED) is 0.859. The monoisotopic (exact) mass is 275 g/mol. The Balaban J connectivity index is 1.53. The Bertz CT molecular complexity index is 510. The van der Waals surface area contributed by atoms with E-state index in [0.29, 0.717) is 11.7 Å². The van der Waals surface area contributed by atoms with E-state index in [4.69, 9.17) is 4.42 Å². The van der Waals surface area contributed by atoms with Crippen molar-refractivity contribution in [1.29, 1.82) is 0 Å². The number of hydrogen-bond acceptors (Lipinski definition) is 3. The molecule has 4 heteroatoms. The van der Waals surface area contributed by atoms with Gasteiger partial charge < -0.3 is 9.32 Å². The van der Waals surface area contributed by atoms with Crippen LogP contribution in [0.5, 0.6) is 0 Å². The summed E-state index contributed by atoms with van der Waals surface area (Å²) >= 11 is 1.83. The first-order valence-corrected chi connectivity index (χ1v) is 7.56. The summed E-state index contributed by atoms with van der Waals surface area (Å²) in [5.74, 6) is 1.19. The molecule has 2 aromatic heterocycles. The lowest BCUT2D eigenvalue weighted by molar-refractivity contribution is 0.0659. The van der Waals surface area contributed by atoms with Crippen LogP contribution in [0.25, 0.3) is 0 Å². The molecule has 0 aromatic carbocycles. The Morgan fingerprint density at radius 1 is 1.32 bits per heavy atom. The maximum atomic E-state index is 12.1. The molecule has 0 aliphatic carbocycles. The predicted octanol–water partition coefficient (Wildman–Crippen LogP) is 3.44. The molecule has 1 fully saturated rings. The highest BCUT2D eigenvalue weighted by atomic mass is 32.1. The molecule has 0 spiro atoms. The molecule has 100 valence electrons. The number of thiophene rings is 1. The van der Waals surface area contributed by atoms with Gasteiger partial charge in [0.25, 0.3) is 5.91 Å². The van der Waals surface area contributed by atoms with Crippen LogP contribution in [-0.4, -0.2) is 23.9 Å². The Kier molecular flexibility index (Phi) is 3.69. The molecule has 0 N–H and O–H groups in total. The summed E-state index contributed by atoms with van der Waals surface area (Å²) in [7, 11) is 0. The molecule has 19 heavy (non-hydrogen) atoms. The number of hydrogen-bond donors (Lipinski definition) is 0. The first-order valence-electron chi connectivity index (χ1n) is 6.68. The van der Waals surface area contributed by atoms with Crippen LogP contribution in [0.15, 0.2) is 40.3 Å². The molecule has 1 aliphatic heterocycles. The average molecular weight is 275 g/mol. The van der Waals surface area contributed by atoms with E-state index in [9.17, 15) is 4.79 Å². The van der Waals surface area contributed by atoms with Crippen molar-refractivity contribution in [2.24, 2.45) is 5.92 Å². The van der Waals surface area contributed by atoms with Crippen LogP contribution in [0.4, 0.5) is 0 Å². The van der Waals surface area contributed by atoms with Gasteiger partial charge in [-0.2, -0.15) is 0 Å². The van der Waals surface area contributed by atoms with E-state index in [1.807, 2.05) is 16.2 Å². The maximum Gasteiger partial charge on any atom is 0.289 e. The minimum Gasteiger partial charge on any atom is -0.459 e. The van der Waals surface area contributed by atoms with Crippen molar-refractivity contribution in [3.8, 4) is 0 Å². The van der Waals surface area contributed by atoms with E-state index in [1.54, 1.807) is 18.4 Å². The summed E-state index contributed by atoms with van der Waals surface area (Å²) in [4.78, 5) is 15.5. The van der Waals surface area contributed by atoms with Crippen LogP contribution < -0.4 is 0 Å². The van der Waals surface area contributed by atoms with Crippen molar-refractivity contribution in [3.05, 3.63) is 46.5 Å². The summed E-state index contributed by atoms with van der Waals surface area (Å²) < 4.78 is 5.17. The Morgan fingerprint density at radius 3 is 2.79 bits per heavy atom. The topological polar surface area (TPSA) is 33.5 Å². The van der Waals surface area contributed by atoms with Gasteiger partial charge in [-0.3, -0.25) is 4.79 Å². The van der Waals surface area contributed by atoms with Crippen molar-refractivity contribution < 1.29 is 9.21 Å². The fourth-order valence-electron chi connectivity index (χ4n) is 2.61. The summed E-state index contributed by atoms with van der Waals surface area (Å²) in [5.41, 5.74) is 0. The van der Waals surface area contributed by atoms with Crippen LogP contribution in [0.3, 0.4) is 0 Å². The van der Waals surface area contributed by atoms with Gasteiger partial charge in [0, 0.05) is 18.0 Å². The number of piperidine rings is 1. The standard InChI is InChI=1S/C15H17NO2S/c17-15(14-4-1-9-18-14)16-7-5-12(6-8-16)11-13-3-2-10-19-13/h1-4,9-10,12H,5-8,11H2. The second-order valence-corrected chi connectivity index (χ2v) is 6.03. The first kappa shape index (κ1) is 12.5. The summed E-state index contributed by atoms with van der Waals surface area (Å²) in [5, 5.41) is 2.13. The Hall–Kier alpha value is -1.55. The van der Waals surface area contributed by atoms with Crippen LogP contribution in [0.2, 0.25) is 0 Å². The van der Waals surface area contributed by atoms with E-state index in [-0.39, 0.29) is 5.91 Å². The summed E-state index contributed by atoms with van der Waals surface area (Å²) in [6, 6.07) is 7.80. The number of furan rings is 1. The third kappa shape index (κ3) is 2.89. The van der Waals surface area contributed by atoms with Crippen molar-refractivity contribution in [1.82, 2.24) is 4.90 Å². The molecule has 0 saturated carbocycles. The number of carbonyl (C=O) groups is 1. The van der Waals surface area contributed by atoms with Crippen molar-refractivity contribution in [3.63, 3.8) is 0 Å². The predicted molar refractivity (Wildman–Crippen MR) is 75.4 cm³/mol. The summed E-state index contributed by atoms with van der Waals surface area (Å²) in [6.07, 6.45) is 4.88. The van der Waals surface area contributed by atoms with Gasteiger partial charge >= 0.3 is 0 Å². The molecule has 1 amide bonds. The van der Waals surface area contributed by atoms with E-state index in [1.165, 1.54) is 4.88 Å². The third-order valence-corrected chi connectivity index (χ3v) is 4.60. The highest BCUT2D eigenvalue weighted by Crippen LogP contribution is 2.24. The zero-order valence-corrected chi connectivity index (χ0v) is 11.6. The largest absolute Gasteiger partial charge is 0.459 e. The first-order chi connectivity index (χ1) is 9.33. The van der Waals surface area contributed by atoms with E-state index >= 15 is 0 Å². The number of rotatable bonds is 3. The van der Waals surface area contributed by atoms with Gasteiger partial charge in [0.15, 0.2) is 5.76 Å². The van der Waals surface area contributed by atoms with E-state index in [0.717, 1.165) is 32.4 Å². The van der Waals surface area contributed by atoms with E-state index < -0.39 is 0 Å². The number of carbonyl (C=O) groups excluding carboxylic acids is 1. The van der Waals surface area contributed by atoms with Gasteiger partial charge in [-0.1, -0.05) is 6.07 Å². The zero-order valence-electron chi connectivity index (χ0n) is 10.7. The van der Waals surface area contributed by atoms with Crippen molar-refractivity contribution >= 4 is 17.2 Å². The van der Waals surface area contributed by atoms with Crippen LogP contribution in [0, 0.1) is 5.92 Å². The third-order valence-electron chi connectivity index (χ3n) is 3.70. The highest BCUT2D eigenvalue weighted by molar-refractivity contribution is 7.09. The van der Waals surface area contributed by atoms with Gasteiger partial charge in [-0.15, -0.1) is 11.3 Å². The van der Waals surface area contributed by atoms with Gasteiger partial charge in [-0.25, -0.2) is 0 Å². The molecule has 1 aliphatic rings. The van der Waals surface area contributed by atoms with E-state index in [2.05, 4.69) is 17.5 Å². The van der Waals surface area contributed by atoms with Crippen LogP contribution in [-0.2, 0) is 6.42 Å². The fourth-order valence-corrected chi connectivity index (χ4v) is 3.43. The molecule has 0 bridgehead atoms. The zero-order chi connectivity index (χ0) is 13.1. The Labute approximate surface area is 116 Å². The molecule has 3 rings (SSSR count). The van der Waals surface area contributed by atoms with Gasteiger partial charge in [0.2, 0.25) is 0 Å². The van der Waals surface area contributed by atoms with Crippen molar-refractivity contribution in [2.45, 2.75) is 19.3 Å². The van der Waals surface area contributed by atoms with Crippen LogP contribution in [0.1, 0.15) is 28.3 Å². The lowest BCUT2D eigenvalue weighted by Gasteiger charge is -2.31. The molecular weight excluding hydrogens is 258 g/mol. The minimum absolute atomic E-state index is 0.0274. The molecule has 0 radical (unpaired) electrons. The molecular formula is C15H17NO2S. The molecule has 0 atom stereocenters. The lowest BCUT2D eigenvalue weighted by atomic mass is 9.93. The lowest BCUT2D eigenvalue weighted by Crippen LogP contribution is -2.38. The van der Waals surface area contributed by atoms with Crippen molar-refractivity contribution in [2.75, 3.05) is 13.1 Å². The van der Waals surface area contributed by atoms with Gasteiger partial charge in [0.05, 0.1) is 6.26 Å². The maximum absolute atomic E-state index is 12.1. The smallest absolute Gasteiger partial charge is 0.289 e. The van der Waals surface area contributed by atoms with Gasteiger partial charge in [0.1, 0.15) is 0 Å². The summed E-state index contributed by atoms with van der Waals surface area (Å²) in [6.45, 7) is 1.69. The second kappa shape index (κ2) is 5.61. The molecule has 3 heterocycles. The number of likely N-dealkylation sites (tertiary alicyclic amines) is 1. The van der Waals surface area contributed by atoms with Gasteiger partial charge in [-0.05, 0) is 48.8 Å². The normalized spacial score (nSPS) is 16.7. The molecule has 0 unspecified atom stereocenters. The molecule has 3 nitrogen and oxygen atoms in total. The number of nitrogens with zero attached hydrogens (tertiary/aromatic N) is 1. The van der Waals surface area contributed by atoms with Crippen LogP contribution >= 0.6 is 11.3 Å². The fraction of sp³-hybridized carbons (Fsp3) is 0.400. The average Bonchev–Trinajstić information content (AvgIpc) is 3.12. The number of amides is 1.